The van der Waals surface area contributed by atoms with Gasteiger partial charge in [-0.3, -0.25) is 14.5 Å². The van der Waals surface area contributed by atoms with Gasteiger partial charge in [0.05, 0.1) is 12.6 Å². The molecule has 1 aliphatic rings. The number of nitrogens with one attached hydrogen (secondary N) is 3. The van der Waals surface area contributed by atoms with Crippen LogP contribution in [0.3, 0.4) is 0 Å². The molecule has 0 spiro atoms. The number of aromatic amines is 2. The first kappa shape index (κ1) is 30.3. The number of carbonyl (C=O) groups is 2. The summed E-state index contributed by atoms with van der Waals surface area (Å²) in [4.78, 5) is 37.0. The molecule has 9 heteroatoms. The van der Waals surface area contributed by atoms with Crippen molar-refractivity contribution in [2.24, 2.45) is 0 Å². The van der Waals surface area contributed by atoms with E-state index >= 15 is 0 Å². The highest BCUT2D eigenvalue weighted by atomic mass is 35.5. The molecule has 7 nitrogen and oxygen atoms in total. The molecule has 2 aromatic heterocycles. The number of para-hydroxylation sites is 1. The molecule has 2 amide bonds. The van der Waals surface area contributed by atoms with Crippen LogP contribution in [0.25, 0.3) is 21.8 Å². The highest BCUT2D eigenvalue weighted by Crippen LogP contribution is 2.34. The second kappa shape index (κ2) is 13.5. The SMILES string of the molecule is CC(=O)N(Cc1ccccc1Cl)CC(Cc1c[nH]c2ccccc12)NC(=O)CN1CCC(c2c[nH]c3ccc(Cl)cc23)CC1. The van der Waals surface area contributed by atoms with E-state index < -0.39 is 0 Å². The largest absolute Gasteiger partial charge is 0.361 e. The van der Waals surface area contributed by atoms with Crippen molar-refractivity contribution >= 4 is 56.8 Å². The van der Waals surface area contributed by atoms with E-state index in [4.69, 9.17) is 23.2 Å². The zero-order chi connectivity index (χ0) is 30.6. The summed E-state index contributed by atoms with van der Waals surface area (Å²) in [6.07, 6.45) is 6.64. The lowest BCUT2D eigenvalue weighted by Crippen LogP contribution is -2.49. The summed E-state index contributed by atoms with van der Waals surface area (Å²) in [6.45, 7) is 4.31. The summed E-state index contributed by atoms with van der Waals surface area (Å²) >= 11 is 12.7. The molecule has 44 heavy (non-hydrogen) atoms. The maximum Gasteiger partial charge on any atom is 0.234 e. The fraction of sp³-hybridized carbons (Fsp3) is 0.314. The van der Waals surface area contributed by atoms with E-state index in [-0.39, 0.29) is 17.9 Å². The summed E-state index contributed by atoms with van der Waals surface area (Å²) in [5, 5.41) is 6.94. The van der Waals surface area contributed by atoms with Crippen LogP contribution in [0.15, 0.2) is 79.1 Å². The molecule has 1 unspecified atom stereocenters. The second-order valence-corrected chi connectivity index (χ2v) is 12.6. The summed E-state index contributed by atoms with van der Waals surface area (Å²) in [6, 6.07) is 21.4. The first-order chi connectivity index (χ1) is 21.3. The minimum atomic E-state index is -0.276. The molecular weight excluding hydrogens is 593 g/mol. The molecule has 1 saturated heterocycles. The van der Waals surface area contributed by atoms with Crippen molar-refractivity contribution in [3.05, 3.63) is 106 Å². The van der Waals surface area contributed by atoms with Gasteiger partial charge >= 0.3 is 0 Å². The van der Waals surface area contributed by atoms with Crippen LogP contribution in [-0.4, -0.2) is 63.8 Å². The average molecular weight is 631 g/mol. The molecule has 0 aliphatic carbocycles. The van der Waals surface area contributed by atoms with Gasteiger partial charge in [-0.05, 0) is 85.3 Å². The standard InChI is InChI=1S/C35H37Cl2N5O2/c1-23(43)42(20-25-6-2-4-8-32(25)37)21-28(16-26-18-38-33-9-5-3-7-29(26)33)40-35(44)22-41-14-12-24(13-15-41)31-19-39-34-11-10-27(36)17-30(31)34/h2-11,17-19,24,28,38-39H,12-16,20-22H2,1H3,(H,40,44). The highest BCUT2D eigenvalue weighted by molar-refractivity contribution is 6.31. The fourth-order valence-corrected chi connectivity index (χ4v) is 6.83. The Bertz CT molecular complexity index is 1770. The van der Waals surface area contributed by atoms with Gasteiger partial charge in [0, 0.05) is 64.3 Å². The number of halogens is 2. The van der Waals surface area contributed by atoms with Gasteiger partial charge in [-0.2, -0.15) is 0 Å². The first-order valence-electron chi connectivity index (χ1n) is 15.2. The van der Waals surface area contributed by atoms with Gasteiger partial charge in [-0.15, -0.1) is 0 Å². The minimum Gasteiger partial charge on any atom is -0.361 e. The zero-order valence-corrected chi connectivity index (χ0v) is 26.3. The third-order valence-corrected chi connectivity index (χ3v) is 9.39. The van der Waals surface area contributed by atoms with Crippen LogP contribution >= 0.6 is 23.2 Å². The Morgan fingerprint density at radius 1 is 0.932 bits per heavy atom. The Morgan fingerprint density at radius 3 is 2.45 bits per heavy atom. The Kier molecular flexibility index (Phi) is 9.26. The van der Waals surface area contributed by atoms with E-state index in [2.05, 4.69) is 32.4 Å². The van der Waals surface area contributed by atoms with Gasteiger partial charge in [0.1, 0.15) is 0 Å². The number of hydrogen-bond acceptors (Lipinski definition) is 3. The number of H-pyrrole nitrogens is 2. The monoisotopic (exact) mass is 629 g/mol. The van der Waals surface area contributed by atoms with Crippen molar-refractivity contribution in [1.29, 1.82) is 0 Å². The predicted molar refractivity (Wildman–Crippen MR) is 178 cm³/mol. The van der Waals surface area contributed by atoms with E-state index in [1.165, 1.54) is 10.9 Å². The van der Waals surface area contributed by atoms with Crippen LogP contribution in [0.1, 0.15) is 42.4 Å². The Morgan fingerprint density at radius 2 is 1.66 bits per heavy atom. The highest BCUT2D eigenvalue weighted by Gasteiger charge is 2.26. The van der Waals surface area contributed by atoms with Gasteiger partial charge in [-0.25, -0.2) is 0 Å². The van der Waals surface area contributed by atoms with E-state index in [1.54, 1.807) is 11.8 Å². The lowest BCUT2D eigenvalue weighted by Gasteiger charge is -2.32. The lowest BCUT2D eigenvalue weighted by molar-refractivity contribution is -0.131. The molecule has 0 bridgehead atoms. The van der Waals surface area contributed by atoms with Crippen molar-refractivity contribution < 1.29 is 9.59 Å². The van der Waals surface area contributed by atoms with Gasteiger partial charge < -0.3 is 20.2 Å². The van der Waals surface area contributed by atoms with Crippen molar-refractivity contribution in [2.75, 3.05) is 26.2 Å². The van der Waals surface area contributed by atoms with E-state index in [0.717, 1.165) is 58.5 Å². The fourth-order valence-electron chi connectivity index (χ4n) is 6.46. The third kappa shape index (κ3) is 6.96. The van der Waals surface area contributed by atoms with Crippen molar-refractivity contribution in [3.8, 4) is 0 Å². The number of fused-ring (bicyclic) bond motifs is 2. The zero-order valence-electron chi connectivity index (χ0n) is 24.8. The summed E-state index contributed by atoms with van der Waals surface area (Å²) in [7, 11) is 0. The molecule has 0 radical (unpaired) electrons. The van der Waals surface area contributed by atoms with Gasteiger partial charge in [0.25, 0.3) is 0 Å². The maximum atomic E-state index is 13.5. The normalized spacial score (nSPS) is 15.1. The molecule has 1 aliphatic heterocycles. The third-order valence-electron chi connectivity index (χ3n) is 8.78. The molecule has 228 valence electrons. The topological polar surface area (TPSA) is 84.2 Å². The molecule has 5 aromatic rings. The predicted octanol–water partition coefficient (Wildman–Crippen LogP) is 6.91. The van der Waals surface area contributed by atoms with Crippen LogP contribution in [-0.2, 0) is 22.6 Å². The lowest BCUT2D eigenvalue weighted by atomic mass is 9.89. The molecule has 1 fully saturated rings. The summed E-state index contributed by atoms with van der Waals surface area (Å²) in [5.74, 6) is 0.322. The number of benzene rings is 3. The van der Waals surface area contributed by atoms with Crippen molar-refractivity contribution in [3.63, 3.8) is 0 Å². The number of carbonyl (C=O) groups excluding carboxylic acids is 2. The average Bonchev–Trinajstić information content (AvgIpc) is 3.62. The Hall–Kier alpha value is -3.78. The number of aromatic nitrogens is 2. The van der Waals surface area contributed by atoms with Gasteiger partial charge in [0.2, 0.25) is 11.8 Å². The number of piperidine rings is 1. The molecule has 3 N–H and O–H groups in total. The van der Waals surface area contributed by atoms with E-state index in [1.807, 2.05) is 66.9 Å². The minimum absolute atomic E-state index is 0.0339. The Labute approximate surface area is 267 Å². The number of nitrogens with zero attached hydrogens (tertiary/aromatic N) is 2. The van der Waals surface area contributed by atoms with Gasteiger partial charge in [-0.1, -0.05) is 59.6 Å². The van der Waals surface area contributed by atoms with Crippen molar-refractivity contribution in [1.82, 2.24) is 25.1 Å². The molecule has 3 heterocycles. The van der Waals surface area contributed by atoms with Crippen LogP contribution < -0.4 is 5.32 Å². The van der Waals surface area contributed by atoms with Gasteiger partial charge in [0.15, 0.2) is 0 Å². The van der Waals surface area contributed by atoms with Crippen LogP contribution in [0, 0.1) is 0 Å². The van der Waals surface area contributed by atoms with Crippen LogP contribution in [0.5, 0.6) is 0 Å². The molecule has 3 aromatic carbocycles. The molecular formula is C35H37Cl2N5O2. The smallest absolute Gasteiger partial charge is 0.234 e. The second-order valence-electron chi connectivity index (χ2n) is 11.8. The van der Waals surface area contributed by atoms with Crippen molar-refractivity contribution in [2.45, 2.75) is 44.7 Å². The first-order valence-corrected chi connectivity index (χ1v) is 15.9. The van der Waals surface area contributed by atoms with Crippen LogP contribution in [0.4, 0.5) is 0 Å². The Balaban J connectivity index is 1.13. The molecule has 1 atom stereocenters. The maximum absolute atomic E-state index is 13.5. The molecule has 0 saturated carbocycles. The summed E-state index contributed by atoms with van der Waals surface area (Å²) in [5.41, 5.74) is 5.43. The number of likely N-dealkylation sites (tertiary alicyclic amines) is 1. The number of hydrogen-bond donors (Lipinski definition) is 3. The van der Waals surface area contributed by atoms with Crippen LogP contribution in [0.2, 0.25) is 10.0 Å². The summed E-state index contributed by atoms with van der Waals surface area (Å²) < 4.78 is 0. The number of amides is 2. The van der Waals surface area contributed by atoms with E-state index in [0.29, 0.717) is 37.0 Å². The molecule has 6 rings (SSSR count). The number of rotatable bonds is 10. The van der Waals surface area contributed by atoms with E-state index in [9.17, 15) is 9.59 Å². The quantitative estimate of drug-likeness (QED) is 0.157.